The fraction of sp³-hybridized carbons (Fsp3) is 0.120. The molecule has 1 heterocycles. The monoisotopic (exact) mass is 446 g/mol. The summed E-state index contributed by atoms with van der Waals surface area (Å²) in [5, 5.41) is 3.11. The van der Waals surface area contributed by atoms with E-state index in [1.165, 1.54) is 22.9 Å². The molecule has 0 saturated heterocycles. The van der Waals surface area contributed by atoms with Crippen LogP contribution in [0.4, 0.5) is 5.69 Å². The normalized spacial score (nSPS) is 11.4. The molecule has 0 unspecified atom stereocenters. The van der Waals surface area contributed by atoms with E-state index in [4.69, 9.17) is 0 Å². The number of sulfone groups is 1. The minimum atomic E-state index is -4.05. The van der Waals surface area contributed by atoms with Gasteiger partial charge in [-0.15, -0.1) is 0 Å². The van der Waals surface area contributed by atoms with Crippen LogP contribution in [0.5, 0.6) is 0 Å². The largest absolute Gasteiger partial charge is 0.336 e. The molecule has 0 aliphatic carbocycles. The van der Waals surface area contributed by atoms with Crippen LogP contribution in [0.2, 0.25) is 0 Å². The van der Waals surface area contributed by atoms with Crippen LogP contribution in [-0.2, 0) is 21.2 Å². The summed E-state index contributed by atoms with van der Waals surface area (Å²) in [5.74, 6) is -0.325. The minimum absolute atomic E-state index is 0.0265. The Balaban J connectivity index is 1.79. The first kappa shape index (κ1) is 21.5. The Kier molecular flexibility index (Phi) is 5.67. The number of nitrogens with one attached hydrogen (secondary N) is 1. The quantitative estimate of drug-likeness (QED) is 0.500. The van der Waals surface area contributed by atoms with Gasteiger partial charge >= 0.3 is 0 Å². The minimum Gasteiger partial charge on any atom is -0.336 e. The molecule has 0 bridgehead atoms. The Morgan fingerprint density at radius 1 is 0.938 bits per heavy atom. The number of nitrogens with zero attached hydrogens (tertiary/aromatic N) is 1. The lowest BCUT2D eigenvalue weighted by atomic mass is 10.1. The van der Waals surface area contributed by atoms with Crippen LogP contribution in [0.25, 0.3) is 10.9 Å². The molecule has 0 radical (unpaired) electrons. The smallest absolute Gasteiger partial charge is 0.244 e. The maximum absolute atomic E-state index is 13.2. The summed E-state index contributed by atoms with van der Waals surface area (Å²) in [6, 6.07) is 20.2. The van der Waals surface area contributed by atoms with E-state index in [0.717, 1.165) is 11.1 Å². The Bertz CT molecular complexity index is 1490. The highest BCUT2D eigenvalue weighted by Gasteiger charge is 2.24. The number of aromatic nitrogens is 1. The van der Waals surface area contributed by atoms with E-state index < -0.39 is 15.3 Å². The van der Waals surface area contributed by atoms with Crippen molar-refractivity contribution in [1.29, 1.82) is 0 Å². The van der Waals surface area contributed by atoms with E-state index in [0.29, 0.717) is 11.2 Å². The van der Waals surface area contributed by atoms with Crippen LogP contribution in [-0.4, -0.2) is 18.9 Å². The van der Waals surface area contributed by atoms with Crippen LogP contribution in [0.1, 0.15) is 11.1 Å². The Morgan fingerprint density at radius 3 is 2.34 bits per heavy atom. The summed E-state index contributed by atoms with van der Waals surface area (Å²) in [4.78, 5) is 25.5. The first-order valence-electron chi connectivity index (χ1n) is 10.1. The van der Waals surface area contributed by atoms with Gasteiger partial charge in [0.05, 0.1) is 10.4 Å². The second-order valence-electron chi connectivity index (χ2n) is 7.65. The van der Waals surface area contributed by atoms with E-state index in [2.05, 4.69) is 5.32 Å². The van der Waals surface area contributed by atoms with Crippen LogP contribution in [0.15, 0.2) is 93.6 Å². The van der Waals surface area contributed by atoms with E-state index in [1.54, 1.807) is 42.5 Å². The van der Waals surface area contributed by atoms with Gasteiger partial charge in [-0.3, -0.25) is 9.59 Å². The van der Waals surface area contributed by atoms with Crippen LogP contribution < -0.4 is 10.7 Å². The molecule has 7 heteroatoms. The number of hydrogen-bond donors (Lipinski definition) is 1. The van der Waals surface area contributed by atoms with Crippen molar-refractivity contribution in [2.24, 2.45) is 0 Å². The number of rotatable bonds is 5. The van der Waals surface area contributed by atoms with Crippen molar-refractivity contribution in [2.45, 2.75) is 30.2 Å². The molecular formula is C25H22N2O4S. The van der Waals surface area contributed by atoms with Gasteiger partial charge in [0.25, 0.3) is 0 Å². The summed E-state index contributed by atoms with van der Waals surface area (Å²) < 4.78 is 27.9. The van der Waals surface area contributed by atoms with Gasteiger partial charge in [0, 0.05) is 17.3 Å². The summed E-state index contributed by atoms with van der Waals surface area (Å²) in [6.45, 7) is 3.73. The average molecular weight is 447 g/mol. The van der Waals surface area contributed by atoms with E-state index >= 15 is 0 Å². The van der Waals surface area contributed by atoms with Gasteiger partial charge in [0.15, 0.2) is 0 Å². The molecule has 1 N–H and O–H groups in total. The lowest BCUT2D eigenvalue weighted by Crippen LogP contribution is -2.24. The molecule has 0 atom stereocenters. The van der Waals surface area contributed by atoms with Crippen molar-refractivity contribution in [1.82, 2.24) is 4.57 Å². The second-order valence-corrected chi connectivity index (χ2v) is 9.57. The van der Waals surface area contributed by atoms with Crippen molar-refractivity contribution in [3.05, 3.63) is 100 Å². The number of fused-ring (bicyclic) bond motifs is 1. The van der Waals surface area contributed by atoms with E-state index in [-0.39, 0.29) is 27.6 Å². The van der Waals surface area contributed by atoms with E-state index in [1.807, 2.05) is 32.0 Å². The highest BCUT2D eigenvalue weighted by Crippen LogP contribution is 2.21. The molecule has 4 aromatic rings. The second kappa shape index (κ2) is 8.43. The lowest BCUT2D eigenvalue weighted by molar-refractivity contribution is -0.116. The van der Waals surface area contributed by atoms with Gasteiger partial charge in [-0.1, -0.05) is 48.0 Å². The molecule has 0 spiro atoms. The fourth-order valence-corrected chi connectivity index (χ4v) is 5.06. The van der Waals surface area contributed by atoms with Gasteiger partial charge in [-0.05, 0) is 49.7 Å². The summed E-state index contributed by atoms with van der Waals surface area (Å²) in [6.07, 6.45) is 1.26. The maximum atomic E-state index is 13.2. The van der Waals surface area contributed by atoms with Crippen LogP contribution >= 0.6 is 0 Å². The van der Waals surface area contributed by atoms with Gasteiger partial charge < -0.3 is 9.88 Å². The van der Waals surface area contributed by atoms with Gasteiger partial charge in [0.1, 0.15) is 11.4 Å². The van der Waals surface area contributed by atoms with Gasteiger partial charge in [-0.25, -0.2) is 8.42 Å². The van der Waals surface area contributed by atoms with Crippen molar-refractivity contribution in [3.63, 3.8) is 0 Å². The topological polar surface area (TPSA) is 85.2 Å². The van der Waals surface area contributed by atoms with Crippen molar-refractivity contribution in [2.75, 3.05) is 5.32 Å². The molecule has 162 valence electrons. The number of hydrogen-bond acceptors (Lipinski definition) is 4. The molecular weight excluding hydrogens is 424 g/mol. The molecule has 0 aliphatic heterocycles. The molecule has 32 heavy (non-hydrogen) atoms. The summed E-state index contributed by atoms with van der Waals surface area (Å²) in [5.41, 5.74) is 2.59. The van der Waals surface area contributed by atoms with Crippen LogP contribution in [0.3, 0.4) is 0 Å². The summed E-state index contributed by atoms with van der Waals surface area (Å²) in [7, 11) is -4.05. The van der Waals surface area contributed by atoms with E-state index in [9.17, 15) is 18.0 Å². The van der Waals surface area contributed by atoms with Crippen LogP contribution in [0, 0.1) is 13.8 Å². The first-order chi connectivity index (χ1) is 15.3. The molecule has 6 nitrogen and oxygen atoms in total. The lowest BCUT2D eigenvalue weighted by Gasteiger charge is -2.15. The molecule has 0 saturated carbocycles. The maximum Gasteiger partial charge on any atom is 0.244 e. The predicted molar refractivity (Wildman–Crippen MR) is 125 cm³/mol. The predicted octanol–water partition coefficient (Wildman–Crippen LogP) is 4.09. The van der Waals surface area contributed by atoms with Crippen molar-refractivity contribution < 1.29 is 13.2 Å². The Hall–Kier alpha value is -3.71. The molecule has 0 aliphatic rings. The number of aryl methyl sites for hydroxylation is 2. The number of anilines is 1. The molecule has 1 aromatic heterocycles. The summed E-state index contributed by atoms with van der Waals surface area (Å²) >= 11 is 0. The highest BCUT2D eigenvalue weighted by atomic mass is 32.2. The molecule has 4 rings (SSSR count). The first-order valence-corrected chi connectivity index (χ1v) is 11.5. The van der Waals surface area contributed by atoms with Crippen molar-refractivity contribution in [3.8, 4) is 0 Å². The number of amides is 1. The van der Waals surface area contributed by atoms with Gasteiger partial charge in [0.2, 0.25) is 21.2 Å². The zero-order chi connectivity index (χ0) is 22.9. The molecule has 1 amide bonds. The number of para-hydroxylation sites is 1. The fourth-order valence-electron chi connectivity index (χ4n) is 3.67. The third-order valence-electron chi connectivity index (χ3n) is 5.27. The Morgan fingerprint density at radius 2 is 1.62 bits per heavy atom. The molecule has 3 aromatic carbocycles. The zero-order valence-corrected chi connectivity index (χ0v) is 18.5. The SMILES string of the molecule is Cc1ccc(NC(=O)Cn2cc(S(=O)(=O)c3ccccc3)c(=O)c3ccccc32)c(C)c1. The third-order valence-corrected chi connectivity index (χ3v) is 7.03. The van der Waals surface area contributed by atoms with Gasteiger partial charge in [-0.2, -0.15) is 0 Å². The number of benzene rings is 3. The highest BCUT2D eigenvalue weighted by molar-refractivity contribution is 7.91. The number of pyridine rings is 1. The number of carbonyl (C=O) groups is 1. The average Bonchev–Trinajstić information content (AvgIpc) is 2.78. The standard InChI is InChI=1S/C25H22N2O4S/c1-17-12-13-21(18(2)14-17)26-24(28)16-27-15-23(25(29)20-10-6-7-11-22(20)27)32(30,31)19-8-4-3-5-9-19/h3-15H,16H2,1-2H3,(H,26,28). The molecule has 0 fully saturated rings. The Labute approximate surface area is 186 Å². The number of carbonyl (C=O) groups excluding carboxylic acids is 1. The zero-order valence-electron chi connectivity index (χ0n) is 17.7. The van der Waals surface area contributed by atoms with Crippen molar-refractivity contribution >= 4 is 32.3 Å². The third kappa shape index (κ3) is 4.07.